The van der Waals surface area contributed by atoms with Gasteiger partial charge in [0, 0.05) is 19.0 Å². The maximum Gasteiger partial charge on any atom is 0.226 e. The normalized spacial score (nSPS) is 19.9. The molecule has 0 aliphatic carbocycles. The zero-order chi connectivity index (χ0) is 14.5. The summed E-state index contributed by atoms with van der Waals surface area (Å²) < 4.78 is 18.1. The molecule has 0 spiro atoms. The van der Waals surface area contributed by atoms with Crippen LogP contribution in [-0.4, -0.2) is 41.7 Å². The van der Waals surface area contributed by atoms with E-state index in [1.54, 1.807) is 24.0 Å². The topological polar surface area (TPSA) is 49.8 Å². The summed E-state index contributed by atoms with van der Waals surface area (Å²) in [7, 11) is 0. The van der Waals surface area contributed by atoms with Crippen LogP contribution in [-0.2, 0) is 4.79 Å². The third kappa shape index (κ3) is 3.93. The average molecular weight is 281 g/mol. The second-order valence-corrected chi connectivity index (χ2v) is 5.18. The lowest BCUT2D eigenvalue weighted by molar-refractivity contribution is -0.130. The molecule has 1 N–H and O–H groups in total. The number of halogens is 1. The van der Waals surface area contributed by atoms with Crippen LogP contribution in [0.25, 0.3) is 0 Å². The van der Waals surface area contributed by atoms with E-state index in [-0.39, 0.29) is 30.4 Å². The smallest absolute Gasteiger partial charge is 0.226 e. The highest BCUT2D eigenvalue weighted by atomic mass is 19.1. The Morgan fingerprint density at radius 1 is 1.50 bits per heavy atom. The second-order valence-electron chi connectivity index (χ2n) is 5.18. The Labute approximate surface area is 118 Å². The summed E-state index contributed by atoms with van der Waals surface area (Å²) in [5, 5.41) is 9.51. The molecule has 0 saturated carbocycles. The van der Waals surface area contributed by atoms with Gasteiger partial charge in [-0.1, -0.05) is 0 Å². The van der Waals surface area contributed by atoms with Gasteiger partial charge in [-0.15, -0.1) is 0 Å². The molecule has 4 nitrogen and oxygen atoms in total. The second kappa shape index (κ2) is 6.70. The molecule has 0 radical (unpaired) electrons. The molecule has 1 aromatic carbocycles. The fraction of sp³-hybridized carbons (Fsp3) is 0.533. The van der Waals surface area contributed by atoms with Crippen molar-refractivity contribution in [2.45, 2.75) is 25.9 Å². The number of carbonyl (C=O) groups excluding carboxylic acids is 1. The van der Waals surface area contributed by atoms with E-state index in [1.807, 2.05) is 0 Å². The molecule has 1 aliphatic rings. The van der Waals surface area contributed by atoms with Gasteiger partial charge in [-0.05, 0) is 37.6 Å². The van der Waals surface area contributed by atoms with E-state index in [9.17, 15) is 14.3 Å². The minimum absolute atomic E-state index is 0.0373. The number of aliphatic hydroxyl groups excluding tert-OH is 1. The monoisotopic (exact) mass is 281 g/mol. The number of carbonyl (C=O) groups is 1. The molecule has 1 aliphatic heterocycles. The first kappa shape index (κ1) is 14.8. The van der Waals surface area contributed by atoms with Crippen LogP contribution in [0.2, 0.25) is 0 Å². The quantitative estimate of drug-likeness (QED) is 0.895. The van der Waals surface area contributed by atoms with E-state index < -0.39 is 0 Å². The Morgan fingerprint density at radius 3 is 2.80 bits per heavy atom. The van der Waals surface area contributed by atoms with Crippen LogP contribution in [0.15, 0.2) is 24.3 Å². The lowest BCUT2D eigenvalue weighted by Gasteiger charge is -2.17. The molecule has 2 atom stereocenters. The van der Waals surface area contributed by atoms with Crippen LogP contribution < -0.4 is 4.74 Å². The molecule has 110 valence electrons. The number of aliphatic hydroxyl groups is 1. The van der Waals surface area contributed by atoms with Gasteiger partial charge in [0.05, 0.1) is 19.1 Å². The molecular weight excluding hydrogens is 261 g/mol. The van der Waals surface area contributed by atoms with Gasteiger partial charge in [-0.25, -0.2) is 4.39 Å². The Bertz CT molecular complexity index is 447. The van der Waals surface area contributed by atoms with Gasteiger partial charge < -0.3 is 14.7 Å². The molecule has 1 heterocycles. The summed E-state index contributed by atoms with van der Waals surface area (Å²) >= 11 is 0. The molecule has 2 unspecified atom stereocenters. The summed E-state index contributed by atoms with van der Waals surface area (Å²) in [5.41, 5.74) is 0. The van der Waals surface area contributed by atoms with Crippen LogP contribution in [0.3, 0.4) is 0 Å². The van der Waals surface area contributed by atoms with E-state index in [0.29, 0.717) is 25.3 Å². The molecule has 1 amide bonds. The van der Waals surface area contributed by atoms with Crippen molar-refractivity contribution >= 4 is 5.91 Å². The van der Waals surface area contributed by atoms with Crippen molar-refractivity contribution in [1.82, 2.24) is 4.90 Å². The number of benzene rings is 1. The standard InChI is InChI=1S/C15H20FNO3/c1-11(18)12-6-8-17(10-12)15(19)7-9-20-14-4-2-13(16)3-5-14/h2-5,11-12,18H,6-10H2,1H3. The van der Waals surface area contributed by atoms with E-state index in [2.05, 4.69) is 0 Å². The summed E-state index contributed by atoms with van der Waals surface area (Å²) in [6, 6.07) is 5.73. The largest absolute Gasteiger partial charge is 0.493 e. The first-order chi connectivity index (χ1) is 9.56. The number of amides is 1. The van der Waals surface area contributed by atoms with Gasteiger partial charge in [-0.2, -0.15) is 0 Å². The third-order valence-electron chi connectivity index (χ3n) is 3.66. The summed E-state index contributed by atoms with van der Waals surface area (Å²) in [4.78, 5) is 13.7. The Hall–Kier alpha value is -1.62. The zero-order valence-corrected chi connectivity index (χ0v) is 11.6. The van der Waals surface area contributed by atoms with Gasteiger partial charge in [0.1, 0.15) is 11.6 Å². The number of likely N-dealkylation sites (tertiary alicyclic amines) is 1. The van der Waals surface area contributed by atoms with E-state index in [4.69, 9.17) is 4.74 Å². The van der Waals surface area contributed by atoms with Crippen molar-refractivity contribution in [2.24, 2.45) is 5.92 Å². The predicted molar refractivity (Wildman–Crippen MR) is 72.9 cm³/mol. The molecule has 0 bridgehead atoms. The van der Waals surface area contributed by atoms with Crippen LogP contribution in [0, 0.1) is 11.7 Å². The van der Waals surface area contributed by atoms with Crippen molar-refractivity contribution in [1.29, 1.82) is 0 Å². The minimum atomic E-state index is -0.372. The van der Waals surface area contributed by atoms with Crippen molar-refractivity contribution in [3.05, 3.63) is 30.1 Å². The molecule has 1 aromatic rings. The van der Waals surface area contributed by atoms with E-state index in [0.717, 1.165) is 6.42 Å². The number of ether oxygens (including phenoxy) is 1. The van der Waals surface area contributed by atoms with Gasteiger partial charge >= 0.3 is 0 Å². The van der Waals surface area contributed by atoms with Gasteiger partial charge in [0.2, 0.25) is 5.91 Å². The summed E-state index contributed by atoms with van der Waals surface area (Å²) in [5.74, 6) is 0.462. The minimum Gasteiger partial charge on any atom is -0.493 e. The first-order valence-electron chi connectivity index (χ1n) is 6.90. The fourth-order valence-corrected chi connectivity index (χ4v) is 2.35. The maximum absolute atomic E-state index is 12.7. The maximum atomic E-state index is 12.7. The predicted octanol–water partition coefficient (Wildman–Crippen LogP) is 1.82. The van der Waals surface area contributed by atoms with Gasteiger partial charge in [0.25, 0.3) is 0 Å². The molecule has 0 aromatic heterocycles. The highest BCUT2D eigenvalue weighted by Gasteiger charge is 2.28. The zero-order valence-electron chi connectivity index (χ0n) is 11.6. The van der Waals surface area contributed by atoms with Crippen molar-refractivity contribution in [3.8, 4) is 5.75 Å². The Balaban J connectivity index is 1.72. The molecule has 5 heteroatoms. The molecule has 1 saturated heterocycles. The Morgan fingerprint density at radius 2 is 2.20 bits per heavy atom. The molecule has 1 fully saturated rings. The van der Waals surface area contributed by atoms with Crippen molar-refractivity contribution in [3.63, 3.8) is 0 Å². The van der Waals surface area contributed by atoms with Gasteiger partial charge in [0.15, 0.2) is 0 Å². The lowest BCUT2D eigenvalue weighted by atomic mass is 10.0. The fourth-order valence-electron chi connectivity index (χ4n) is 2.35. The highest BCUT2D eigenvalue weighted by molar-refractivity contribution is 5.76. The van der Waals surface area contributed by atoms with Crippen molar-refractivity contribution in [2.75, 3.05) is 19.7 Å². The molecule has 2 rings (SSSR count). The first-order valence-corrected chi connectivity index (χ1v) is 6.90. The Kier molecular flexibility index (Phi) is 4.95. The number of hydrogen-bond donors (Lipinski definition) is 1. The average Bonchev–Trinajstić information content (AvgIpc) is 2.91. The highest BCUT2D eigenvalue weighted by Crippen LogP contribution is 2.20. The number of rotatable bonds is 5. The van der Waals surface area contributed by atoms with E-state index in [1.165, 1.54) is 12.1 Å². The lowest BCUT2D eigenvalue weighted by Crippen LogP contribution is -2.31. The number of nitrogens with zero attached hydrogens (tertiary/aromatic N) is 1. The van der Waals surface area contributed by atoms with Gasteiger partial charge in [-0.3, -0.25) is 4.79 Å². The molecule has 20 heavy (non-hydrogen) atoms. The third-order valence-corrected chi connectivity index (χ3v) is 3.66. The van der Waals surface area contributed by atoms with Crippen LogP contribution in [0.4, 0.5) is 4.39 Å². The van der Waals surface area contributed by atoms with E-state index >= 15 is 0 Å². The van der Waals surface area contributed by atoms with Crippen LogP contribution in [0.5, 0.6) is 5.75 Å². The molecular formula is C15H20FNO3. The SMILES string of the molecule is CC(O)C1CCN(C(=O)CCOc2ccc(F)cc2)C1. The summed E-state index contributed by atoms with van der Waals surface area (Å²) in [6.07, 6.45) is 0.773. The van der Waals surface area contributed by atoms with Crippen LogP contribution in [0.1, 0.15) is 19.8 Å². The summed E-state index contributed by atoms with van der Waals surface area (Å²) in [6.45, 7) is 3.36. The van der Waals surface area contributed by atoms with Crippen molar-refractivity contribution < 1.29 is 19.0 Å². The van der Waals surface area contributed by atoms with Crippen LogP contribution >= 0.6 is 0 Å². The number of hydrogen-bond acceptors (Lipinski definition) is 3.